The molecule has 0 aliphatic heterocycles. The predicted molar refractivity (Wildman–Crippen MR) is 83.9 cm³/mol. The Morgan fingerprint density at radius 3 is 2.62 bits per heavy atom. The van der Waals surface area contributed by atoms with Gasteiger partial charge in [0.2, 0.25) is 0 Å². The van der Waals surface area contributed by atoms with E-state index in [1.54, 1.807) is 14.2 Å². The Bertz CT molecular complexity index is 450. The lowest BCUT2D eigenvalue weighted by Gasteiger charge is -2.26. The van der Waals surface area contributed by atoms with Crippen molar-refractivity contribution >= 4 is 0 Å². The van der Waals surface area contributed by atoms with Crippen LogP contribution in [0.4, 0.5) is 0 Å². The number of hydrogen-bond donors (Lipinski definition) is 2. The molecule has 1 fully saturated rings. The van der Waals surface area contributed by atoms with Gasteiger partial charge in [-0.3, -0.25) is 0 Å². The molecule has 118 valence electrons. The number of nitrogens with one attached hydrogen (secondary N) is 1. The molecule has 1 aromatic carbocycles. The Morgan fingerprint density at radius 2 is 2.00 bits per heavy atom. The van der Waals surface area contributed by atoms with E-state index in [2.05, 4.69) is 18.3 Å². The first-order valence-corrected chi connectivity index (χ1v) is 7.82. The monoisotopic (exact) mass is 293 g/mol. The van der Waals surface area contributed by atoms with Crippen LogP contribution in [0, 0.1) is 5.92 Å². The van der Waals surface area contributed by atoms with Crippen LogP contribution >= 0.6 is 0 Å². The lowest BCUT2D eigenvalue weighted by molar-refractivity contribution is 0.198. The fourth-order valence-corrected chi connectivity index (χ4v) is 3.25. The van der Waals surface area contributed by atoms with Crippen molar-refractivity contribution < 1.29 is 14.6 Å². The number of aliphatic hydroxyl groups excluding tert-OH is 1. The van der Waals surface area contributed by atoms with Gasteiger partial charge in [-0.1, -0.05) is 19.4 Å². The Morgan fingerprint density at radius 1 is 1.24 bits per heavy atom. The van der Waals surface area contributed by atoms with Crippen molar-refractivity contribution in [3.8, 4) is 11.5 Å². The molecule has 3 unspecified atom stereocenters. The molecule has 0 bridgehead atoms. The Kier molecular flexibility index (Phi) is 5.88. The van der Waals surface area contributed by atoms with Gasteiger partial charge >= 0.3 is 0 Å². The summed E-state index contributed by atoms with van der Waals surface area (Å²) in [6.45, 7) is 2.46. The number of hydrogen-bond acceptors (Lipinski definition) is 4. The van der Waals surface area contributed by atoms with E-state index in [0.717, 1.165) is 30.8 Å². The number of aliphatic hydroxyl groups is 1. The van der Waals surface area contributed by atoms with E-state index in [1.165, 1.54) is 12.0 Å². The van der Waals surface area contributed by atoms with Crippen LogP contribution in [0.1, 0.15) is 44.2 Å². The minimum atomic E-state index is 0.278. The van der Waals surface area contributed by atoms with Crippen molar-refractivity contribution in [3.05, 3.63) is 23.8 Å². The van der Waals surface area contributed by atoms with E-state index in [1.807, 2.05) is 12.1 Å². The second kappa shape index (κ2) is 7.66. The molecule has 1 aliphatic carbocycles. The highest BCUT2D eigenvalue weighted by atomic mass is 16.5. The highest BCUT2D eigenvalue weighted by Gasteiger charge is 2.28. The lowest BCUT2D eigenvalue weighted by Crippen LogP contribution is -2.36. The normalized spacial score (nSPS) is 23.0. The molecule has 0 amide bonds. The van der Waals surface area contributed by atoms with Crippen molar-refractivity contribution in [2.75, 3.05) is 20.8 Å². The molecular formula is C17H27NO3. The minimum absolute atomic E-state index is 0.278. The zero-order chi connectivity index (χ0) is 15.2. The molecule has 4 heteroatoms. The maximum atomic E-state index is 9.47. The van der Waals surface area contributed by atoms with Gasteiger partial charge in [-0.15, -0.1) is 0 Å². The van der Waals surface area contributed by atoms with Gasteiger partial charge < -0.3 is 19.9 Å². The smallest absolute Gasteiger partial charge is 0.161 e. The third-order valence-electron chi connectivity index (χ3n) is 4.53. The van der Waals surface area contributed by atoms with E-state index in [4.69, 9.17) is 9.47 Å². The van der Waals surface area contributed by atoms with Gasteiger partial charge in [0, 0.05) is 18.7 Å². The molecule has 1 aliphatic rings. The molecule has 0 radical (unpaired) electrons. The summed E-state index contributed by atoms with van der Waals surface area (Å²) in [5.41, 5.74) is 1.21. The van der Waals surface area contributed by atoms with E-state index < -0.39 is 0 Å². The Labute approximate surface area is 127 Å². The summed E-state index contributed by atoms with van der Waals surface area (Å²) >= 11 is 0. The first kappa shape index (κ1) is 16.1. The molecular weight excluding hydrogens is 266 g/mol. The van der Waals surface area contributed by atoms with Crippen LogP contribution in [0.2, 0.25) is 0 Å². The molecule has 3 atom stereocenters. The van der Waals surface area contributed by atoms with Crippen LogP contribution < -0.4 is 14.8 Å². The summed E-state index contributed by atoms with van der Waals surface area (Å²) in [6, 6.07) is 6.78. The molecule has 1 saturated carbocycles. The standard InChI is InChI=1S/C17H27NO3/c1-4-14(18-15-7-5-6-13(15)11-19)12-8-9-16(20-2)17(10-12)21-3/h8-10,13-15,18-19H,4-7,11H2,1-3H3. The fraction of sp³-hybridized carbons (Fsp3) is 0.647. The van der Waals surface area contributed by atoms with Crippen molar-refractivity contribution in [1.82, 2.24) is 5.32 Å². The van der Waals surface area contributed by atoms with Gasteiger partial charge in [0.15, 0.2) is 11.5 Å². The van der Waals surface area contributed by atoms with Gasteiger partial charge in [-0.25, -0.2) is 0 Å². The second-order valence-corrected chi connectivity index (χ2v) is 5.72. The van der Waals surface area contributed by atoms with Crippen LogP contribution in [0.15, 0.2) is 18.2 Å². The summed E-state index contributed by atoms with van der Waals surface area (Å²) in [4.78, 5) is 0. The van der Waals surface area contributed by atoms with Crippen LogP contribution in [-0.2, 0) is 0 Å². The first-order valence-electron chi connectivity index (χ1n) is 7.82. The van der Waals surface area contributed by atoms with Crippen LogP contribution in [0.3, 0.4) is 0 Å². The first-order chi connectivity index (χ1) is 10.2. The maximum absolute atomic E-state index is 9.47. The van der Waals surface area contributed by atoms with E-state index >= 15 is 0 Å². The highest BCUT2D eigenvalue weighted by Crippen LogP contribution is 2.33. The van der Waals surface area contributed by atoms with Gasteiger partial charge in [0.25, 0.3) is 0 Å². The van der Waals surface area contributed by atoms with Gasteiger partial charge in [0.1, 0.15) is 0 Å². The van der Waals surface area contributed by atoms with Crippen LogP contribution in [0.5, 0.6) is 11.5 Å². The molecule has 21 heavy (non-hydrogen) atoms. The molecule has 4 nitrogen and oxygen atoms in total. The number of ether oxygens (including phenoxy) is 2. The van der Waals surface area contributed by atoms with Crippen molar-refractivity contribution in [2.24, 2.45) is 5.92 Å². The average Bonchev–Trinajstić information content (AvgIpc) is 2.99. The predicted octanol–water partition coefficient (Wildman–Crippen LogP) is 2.91. The third-order valence-corrected chi connectivity index (χ3v) is 4.53. The Hall–Kier alpha value is -1.26. The van der Waals surface area contributed by atoms with Gasteiger partial charge in [-0.2, -0.15) is 0 Å². The van der Waals surface area contributed by atoms with E-state index in [9.17, 15) is 5.11 Å². The topological polar surface area (TPSA) is 50.7 Å². The molecule has 0 spiro atoms. The summed E-state index contributed by atoms with van der Waals surface area (Å²) < 4.78 is 10.7. The highest BCUT2D eigenvalue weighted by molar-refractivity contribution is 5.43. The Balaban J connectivity index is 2.13. The average molecular weight is 293 g/mol. The zero-order valence-corrected chi connectivity index (χ0v) is 13.3. The number of benzene rings is 1. The summed E-state index contributed by atoms with van der Waals surface area (Å²) in [6.07, 6.45) is 4.47. The number of rotatable bonds is 7. The van der Waals surface area contributed by atoms with Crippen molar-refractivity contribution in [2.45, 2.75) is 44.7 Å². The van der Waals surface area contributed by atoms with Gasteiger partial charge in [0.05, 0.1) is 14.2 Å². The summed E-state index contributed by atoms with van der Waals surface area (Å²) in [5.74, 6) is 1.91. The quantitative estimate of drug-likeness (QED) is 0.811. The molecule has 0 saturated heterocycles. The third kappa shape index (κ3) is 3.69. The zero-order valence-electron chi connectivity index (χ0n) is 13.3. The minimum Gasteiger partial charge on any atom is -0.493 e. The van der Waals surface area contributed by atoms with E-state index in [-0.39, 0.29) is 12.6 Å². The molecule has 0 heterocycles. The second-order valence-electron chi connectivity index (χ2n) is 5.72. The summed E-state index contributed by atoms with van der Waals surface area (Å²) in [5, 5.41) is 13.2. The fourth-order valence-electron chi connectivity index (χ4n) is 3.25. The number of methoxy groups -OCH3 is 2. The van der Waals surface area contributed by atoms with Crippen LogP contribution in [-0.4, -0.2) is 32.0 Å². The summed E-state index contributed by atoms with van der Waals surface area (Å²) in [7, 11) is 3.31. The molecule has 2 N–H and O–H groups in total. The lowest BCUT2D eigenvalue weighted by atomic mass is 9.99. The van der Waals surface area contributed by atoms with E-state index in [0.29, 0.717) is 12.0 Å². The van der Waals surface area contributed by atoms with Gasteiger partial charge in [-0.05, 0) is 42.9 Å². The molecule has 2 rings (SSSR count). The largest absolute Gasteiger partial charge is 0.493 e. The van der Waals surface area contributed by atoms with Crippen LogP contribution in [0.25, 0.3) is 0 Å². The van der Waals surface area contributed by atoms with Crippen molar-refractivity contribution in [1.29, 1.82) is 0 Å². The SMILES string of the molecule is CCC(NC1CCCC1CO)c1ccc(OC)c(OC)c1. The van der Waals surface area contributed by atoms with Crippen molar-refractivity contribution in [3.63, 3.8) is 0 Å². The maximum Gasteiger partial charge on any atom is 0.161 e. The molecule has 1 aromatic rings. The molecule has 0 aromatic heterocycles.